The number of hydrogen-bond donors (Lipinski definition) is 3. The number of nitrogens with zero attached hydrogens (tertiary/aromatic N) is 1. The van der Waals surface area contributed by atoms with E-state index >= 15 is 0 Å². The zero-order valence-electron chi connectivity index (χ0n) is 10.2. The zero-order chi connectivity index (χ0) is 12.6. The Morgan fingerprint density at radius 3 is 2.19 bits per heavy atom. The highest BCUT2D eigenvalue weighted by Gasteiger charge is 2.21. The molecule has 6 nitrogen and oxygen atoms in total. The van der Waals surface area contributed by atoms with Crippen LogP contribution in [0.3, 0.4) is 0 Å². The average molecular weight is 246 g/mol. The van der Waals surface area contributed by atoms with Crippen LogP contribution in [0.15, 0.2) is 0 Å². The number of anilines is 1. The summed E-state index contributed by atoms with van der Waals surface area (Å²) in [6, 6.07) is 0. The van der Waals surface area contributed by atoms with Gasteiger partial charge in [-0.15, -0.1) is 0 Å². The number of hydrogen-bond acceptors (Lipinski definition) is 3. The molecule has 0 bridgehead atoms. The van der Waals surface area contributed by atoms with Gasteiger partial charge in [0, 0.05) is 5.54 Å². The highest BCUT2D eigenvalue weighted by atomic mass is 32.2. The second-order valence-corrected chi connectivity index (χ2v) is 6.18. The molecule has 0 fully saturated rings. The van der Waals surface area contributed by atoms with Crippen molar-refractivity contribution in [3.8, 4) is 0 Å². The third kappa shape index (κ3) is 3.49. The number of aryl methyl sites for hydroxylation is 2. The average Bonchev–Trinajstić information content (AvgIpc) is 2.30. The normalized spacial score (nSPS) is 12.8. The fourth-order valence-corrected chi connectivity index (χ4v) is 2.69. The molecule has 1 aromatic heterocycles. The Kier molecular flexibility index (Phi) is 3.30. The fraction of sp³-hybridized carbons (Fsp3) is 0.667. The largest absolute Gasteiger partial charge is 0.299 e. The molecule has 1 aromatic rings. The number of rotatable bonds is 3. The van der Waals surface area contributed by atoms with Crippen LogP contribution in [0, 0.1) is 13.8 Å². The van der Waals surface area contributed by atoms with Crippen LogP contribution in [0.1, 0.15) is 32.2 Å². The molecular formula is C9H18N4O2S. The first-order valence-corrected chi connectivity index (χ1v) is 6.42. The monoisotopic (exact) mass is 246 g/mol. The van der Waals surface area contributed by atoms with Crippen molar-refractivity contribution in [2.75, 3.05) is 4.72 Å². The summed E-state index contributed by atoms with van der Waals surface area (Å²) in [4.78, 5) is 0. The SMILES string of the molecule is Cc1n[nH]c(C)c1NS(=O)(=O)NC(C)(C)C. The standard InChI is InChI=1S/C9H18N4O2S/c1-6-8(7(2)11-10-6)12-16(14,15)13-9(3,4)5/h12-13H,1-5H3,(H,10,11). The van der Waals surface area contributed by atoms with Crippen LogP contribution in [0.2, 0.25) is 0 Å². The maximum absolute atomic E-state index is 11.8. The number of H-pyrrole nitrogens is 1. The molecule has 92 valence electrons. The van der Waals surface area contributed by atoms with Gasteiger partial charge in [0.05, 0.1) is 17.1 Å². The van der Waals surface area contributed by atoms with Gasteiger partial charge in [-0.3, -0.25) is 9.82 Å². The van der Waals surface area contributed by atoms with E-state index in [0.717, 1.165) is 0 Å². The van der Waals surface area contributed by atoms with Crippen molar-refractivity contribution in [1.82, 2.24) is 14.9 Å². The maximum atomic E-state index is 11.8. The molecule has 0 radical (unpaired) electrons. The molecule has 0 saturated heterocycles. The van der Waals surface area contributed by atoms with Crippen molar-refractivity contribution in [2.24, 2.45) is 0 Å². The van der Waals surface area contributed by atoms with Gasteiger partial charge in [-0.1, -0.05) is 0 Å². The lowest BCUT2D eigenvalue weighted by atomic mass is 10.1. The minimum Gasteiger partial charge on any atom is -0.280 e. The molecule has 0 aliphatic rings. The van der Waals surface area contributed by atoms with Gasteiger partial charge in [0.25, 0.3) is 10.2 Å². The van der Waals surface area contributed by atoms with Gasteiger partial charge in [0.1, 0.15) is 0 Å². The molecule has 3 N–H and O–H groups in total. The van der Waals surface area contributed by atoms with E-state index in [9.17, 15) is 8.42 Å². The summed E-state index contributed by atoms with van der Waals surface area (Å²) in [5.41, 5.74) is 1.29. The van der Waals surface area contributed by atoms with Gasteiger partial charge in [0.15, 0.2) is 0 Å². The molecular weight excluding hydrogens is 228 g/mol. The summed E-state index contributed by atoms with van der Waals surface area (Å²) in [6.45, 7) is 8.83. The lowest BCUT2D eigenvalue weighted by Crippen LogP contribution is -2.43. The van der Waals surface area contributed by atoms with E-state index < -0.39 is 15.7 Å². The Bertz CT molecular complexity index is 451. The lowest BCUT2D eigenvalue weighted by Gasteiger charge is -2.20. The van der Waals surface area contributed by atoms with Crippen LogP contribution in [-0.4, -0.2) is 24.2 Å². The molecule has 1 heterocycles. The zero-order valence-corrected chi connectivity index (χ0v) is 11.0. The second-order valence-electron chi connectivity index (χ2n) is 4.77. The Balaban J connectivity index is 2.90. The Hall–Kier alpha value is -1.08. The molecule has 0 aromatic carbocycles. The summed E-state index contributed by atoms with van der Waals surface area (Å²) >= 11 is 0. The molecule has 0 spiro atoms. The van der Waals surface area contributed by atoms with E-state index in [1.54, 1.807) is 34.6 Å². The highest BCUT2D eigenvalue weighted by molar-refractivity contribution is 7.90. The molecule has 0 amide bonds. The predicted octanol–water partition coefficient (Wildman–Crippen LogP) is 1.07. The summed E-state index contributed by atoms with van der Waals surface area (Å²) in [6.07, 6.45) is 0. The maximum Gasteiger partial charge on any atom is 0.299 e. The van der Waals surface area contributed by atoms with Gasteiger partial charge in [0.2, 0.25) is 0 Å². The summed E-state index contributed by atoms with van der Waals surface area (Å²) in [5, 5.41) is 6.63. The highest BCUT2D eigenvalue weighted by Crippen LogP contribution is 2.17. The summed E-state index contributed by atoms with van der Waals surface area (Å²) in [5.74, 6) is 0. The Morgan fingerprint density at radius 2 is 1.81 bits per heavy atom. The minimum atomic E-state index is -3.57. The first-order chi connectivity index (χ1) is 7.11. The molecule has 1 rings (SSSR count). The Morgan fingerprint density at radius 1 is 1.25 bits per heavy atom. The van der Waals surface area contributed by atoms with E-state index in [2.05, 4.69) is 19.6 Å². The van der Waals surface area contributed by atoms with Gasteiger partial charge < -0.3 is 0 Å². The van der Waals surface area contributed by atoms with Crippen LogP contribution < -0.4 is 9.44 Å². The van der Waals surface area contributed by atoms with E-state index in [4.69, 9.17) is 0 Å². The molecule has 0 unspecified atom stereocenters. The van der Waals surface area contributed by atoms with Gasteiger partial charge in [-0.25, -0.2) is 0 Å². The molecule has 16 heavy (non-hydrogen) atoms. The number of aromatic nitrogens is 2. The molecule has 7 heteroatoms. The third-order valence-corrected chi connectivity index (χ3v) is 3.16. The van der Waals surface area contributed by atoms with Gasteiger partial charge in [-0.2, -0.15) is 18.2 Å². The number of nitrogens with one attached hydrogen (secondary N) is 3. The minimum absolute atomic E-state index is 0.497. The first-order valence-electron chi connectivity index (χ1n) is 4.94. The molecule has 0 saturated carbocycles. The van der Waals surface area contributed by atoms with Crippen molar-refractivity contribution >= 4 is 15.9 Å². The Labute approximate surface area is 96.0 Å². The van der Waals surface area contributed by atoms with E-state index in [0.29, 0.717) is 17.1 Å². The molecule has 0 aliphatic heterocycles. The predicted molar refractivity (Wildman–Crippen MR) is 63.5 cm³/mol. The first kappa shape index (κ1) is 13.0. The van der Waals surface area contributed by atoms with E-state index in [1.165, 1.54) is 0 Å². The van der Waals surface area contributed by atoms with Crippen molar-refractivity contribution in [2.45, 2.75) is 40.2 Å². The fourth-order valence-electron chi connectivity index (χ4n) is 1.26. The smallest absolute Gasteiger partial charge is 0.280 e. The lowest BCUT2D eigenvalue weighted by molar-refractivity contribution is 0.494. The van der Waals surface area contributed by atoms with E-state index in [-0.39, 0.29) is 0 Å². The summed E-state index contributed by atoms with van der Waals surface area (Å²) < 4.78 is 28.5. The summed E-state index contributed by atoms with van der Waals surface area (Å²) in [7, 11) is -3.57. The van der Waals surface area contributed by atoms with Crippen LogP contribution in [0.5, 0.6) is 0 Å². The van der Waals surface area contributed by atoms with Crippen LogP contribution in [-0.2, 0) is 10.2 Å². The van der Waals surface area contributed by atoms with E-state index in [1.807, 2.05) is 0 Å². The topological polar surface area (TPSA) is 86.9 Å². The van der Waals surface area contributed by atoms with Crippen molar-refractivity contribution in [3.63, 3.8) is 0 Å². The van der Waals surface area contributed by atoms with Gasteiger partial charge >= 0.3 is 0 Å². The van der Waals surface area contributed by atoms with Crippen molar-refractivity contribution < 1.29 is 8.42 Å². The molecule has 0 aliphatic carbocycles. The quantitative estimate of drug-likeness (QED) is 0.745. The second kappa shape index (κ2) is 4.06. The van der Waals surface area contributed by atoms with Crippen LogP contribution >= 0.6 is 0 Å². The van der Waals surface area contributed by atoms with Crippen molar-refractivity contribution in [3.05, 3.63) is 11.4 Å². The number of aromatic amines is 1. The van der Waals surface area contributed by atoms with Gasteiger partial charge in [-0.05, 0) is 34.6 Å². The third-order valence-electron chi connectivity index (χ3n) is 1.81. The van der Waals surface area contributed by atoms with Crippen LogP contribution in [0.25, 0.3) is 0 Å². The van der Waals surface area contributed by atoms with Crippen molar-refractivity contribution in [1.29, 1.82) is 0 Å². The van der Waals surface area contributed by atoms with Crippen LogP contribution in [0.4, 0.5) is 5.69 Å². The molecule has 0 atom stereocenters.